The predicted molar refractivity (Wildman–Crippen MR) is 278 cm³/mol. The molecule has 386 valence electrons. The molecule has 0 spiro atoms. The molecule has 1 aliphatic heterocycles. The first-order valence-corrected chi connectivity index (χ1v) is 26.5. The second-order valence-corrected chi connectivity index (χ2v) is 20.8. The maximum atomic E-state index is 13.1. The zero-order valence-corrected chi connectivity index (χ0v) is 43.3. The minimum absolute atomic E-state index is 0.00290. The summed E-state index contributed by atoms with van der Waals surface area (Å²) in [5.74, 6) is 2.53. The summed E-state index contributed by atoms with van der Waals surface area (Å²) in [6.07, 6.45) is 5.09. The first-order chi connectivity index (χ1) is 36.3. The Bertz CT molecular complexity index is 3360. The van der Waals surface area contributed by atoms with E-state index in [9.17, 15) is 23.7 Å². The van der Waals surface area contributed by atoms with Crippen LogP contribution in [-0.4, -0.2) is 103 Å². The highest BCUT2D eigenvalue weighted by Crippen LogP contribution is 2.38. The lowest BCUT2D eigenvalue weighted by molar-refractivity contribution is -0.0642. The van der Waals surface area contributed by atoms with Gasteiger partial charge in [-0.1, -0.05) is 64.9 Å². The van der Waals surface area contributed by atoms with Gasteiger partial charge < -0.3 is 38.4 Å². The third kappa shape index (κ3) is 12.0. The molecule has 2 aromatic heterocycles. The van der Waals surface area contributed by atoms with Gasteiger partial charge >= 0.3 is 6.03 Å². The molecular weight excluding hydrogens is 973 g/mol. The molecule has 18 nitrogen and oxygen atoms in total. The number of rotatable bonds is 16. The molecule has 75 heavy (non-hydrogen) atoms. The lowest BCUT2D eigenvalue weighted by Gasteiger charge is -2.23. The number of sulfonamides is 1. The molecule has 3 heterocycles. The van der Waals surface area contributed by atoms with Crippen molar-refractivity contribution in [2.24, 2.45) is 0 Å². The van der Waals surface area contributed by atoms with Crippen LogP contribution in [0, 0.1) is 22.7 Å². The highest BCUT2D eigenvalue weighted by Gasteiger charge is 2.32. The standard InChI is InChI=1S/C35H39N7O6S.C21H19N3O2/c1-23(46-19-17-37-49(44,45)27-8-5-4-6-9-27)47-32-15-12-24(20-25(32)21-36)34-39-33(40-48-34)30-11-7-10-29-28(30)13-14-31(29)38-35(43)42-18-16-26(22-42)41(2)3;1-13(2)25-19-10-9-15(11-16(19)12-22)21-23-20(24-26-21)18-8-4-6-14-5-3-7-17(14)18/h4-12,15,20,23,26,31,37H,13-14,16-19,22H2,1-3H3,(H,38,43);4,6,8-11,13H,3,5,7H2,1-2H3/t23?,26-,31?;/m1./s1. The number of benzene rings is 5. The summed E-state index contributed by atoms with van der Waals surface area (Å²) < 4.78 is 55.5. The summed E-state index contributed by atoms with van der Waals surface area (Å²) in [7, 11) is 0.444. The van der Waals surface area contributed by atoms with E-state index in [1.54, 1.807) is 55.5 Å². The van der Waals surface area contributed by atoms with Gasteiger partial charge in [0.15, 0.2) is 6.29 Å². The Morgan fingerprint density at radius 1 is 0.787 bits per heavy atom. The van der Waals surface area contributed by atoms with E-state index in [2.05, 4.69) is 53.4 Å². The molecule has 0 bridgehead atoms. The number of fused-ring (bicyclic) bond motifs is 2. The molecular formula is C56H58N10O8S. The monoisotopic (exact) mass is 1030 g/mol. The van der Waals surface area contributed by atoms with Crippen molar-refractivity contribution in [2.45, 2.75) is 88.7 Å². The maximum Gasteiger partial charge on any atom is 0.317 e. The van der Waals surface area contributed by atoms with Crippen LogP contribution in [0.2, 0.25) is 0 Å². The molecule has 19 heteroatoms. The number of nitriles is 2. The minimum atomic E-state index is -3.64. The minimum Gasteiger partial charge on any atom is -0.490 e. The van der Waals surface area contributed by atoms with Crippen molar-refractivity contribution in [3.05, 3.63) is 137 Å². The van der Waals surface area contributed by atoms with Crippen LogP contribution in [0.1, 0.15) is 79.5 Å². The number of hydrogen-bond acceptors (Lipinski definition) is 15. The van der Waals surface area contributed by atoms with E-state index in [0.717, 1.165) is 67.4 Å². The van der Waals surface area contributed by atoms with Gasteiger partial charge in [0.1, 0.15) is 23.6 Å². The average Bonchev–Trinajstić information content (AvgIpc) is 4.31. The number of amides is 2. The number of ether oxygens (including phenoxy) is 3. The molecule has 0 saturated carbocycles. The lowest BCUT2D eigenvalue weighted by Crippen LogP contribution is -2.41. The smallest absolute Gasteiger partial charge is 0.317 e. The van der Waals surface area contributed by atoms with Crippen LogP contribution >= 0.6 is 0 Å². The van der Waals surface area contributed by atoms with Crippen LogP contribution < -0.4 is 19.5 Å². The highest BCUT2D eigenvalue weighted by molar-refractivity contribution is 7.89. The Hall–Kier alpha value is -7.94. The quantitative estimate of drug-likeness (QED) is 0.0679. The molecule has 3 atom stereocenters. The Kier molecular flexibility index (Phi) is 16.0. The van der Waals surface area contributed by atoms with Gasteiger partial charge in [-0.3, -0.25) is 0 Å². The number of nitrogens with one attached hydrogen (secondary N) is 2. The van der Waals surface area contributed by atoms with Gasteiger partial charge in [0.25, 0.3) is 11.8 Å². The molecule has 5 aromatic carbocycles. The van der Waals surface area contributed by atoms with Crippen molar-refractivity contribution in [3.8, 4) is 69.3 Å². The summed E-state index contributed by atoms with van der Waals surface area (Å²) >= 11 is 0. The first-order valence-electron chi connectivity index (χ1n) is 25.0. The number of carbonyl (C=O) groups is 1. The second kappa shape index (κ2) is 23.1. The van der Waals surface area contributed by atoms with E-state index in [-0.39, 0.29) is 47.7 Å². The van der Waals surface area contributed by atoms with Crippen LogP contribution in [0.25, 0.3) is 45.7 Å². The molecule has 3 aliphatic rings. The zero-order valence-electron chi connectivity index (χ0n) is 42.4. The van der Waals surface area contributed by atoms with Gasteiger partial charge in [0.2, 0.25) is 21.7 Å². The van der Waals surface area contributed by atoms with Gasteiger partial charge in [-0.05, 0) is 144 Å². The Morgan fingerprint density at radius 2 is 1.43 bits per heavy atom. The number of aryl methyl sites for hydroxylation is 1. The van der Waals surface area contributed by atoms with Crippen LogP contribution in [-0.2, 0) is 34.0 Å². The Morgan fingerprint density at radius 3 is 2.05 bits per heavy atom. The van der Waals surface area contributed by atoms with Gasteiger partial charge in [-0.25, -0.2) is 17.9 Å². The Labute approximate surface area is 436 Å². The van der Waals surface area contributed by atoms with Crippen LogP contribution in [0.4, 0.5) is 4.79 Å². The van der Waals surface area contributed by atoms with Crippen molar-refractivity contribution in [2.75, 3.05) is 40.3 Å². The summed E-state index contributed by atoms with van der Waals surface area (Å²) in [4.78, 5) is 26.5. The van der Waals surface area contributed by atoms with Crippen molar-refractivity contribution < 1.29 is 36.5 Å². The summed E-state index contributed by atoms with van der Waals surface area (Å²) in [5, 5.41) is 30.9. The highest BCUT2D eigenvalue weighted by atomic mass is 32.2. The van der Waals surface area contributed by atoms with E-state index in [0.29, 0.717) is 51.8 Å². The van der Waals surface area contributed by atoms with E-state index < -0.39 is 16.3 Å². The number of nitrogens with zero attached hydrogens (tertiary/aromatic N) is 8. The average molecular weight is 1030 g/mol. The van der Waals surface area contributed by atoms with Gasteiger partial charge in [-0.2, -0.15) is 20.5 Å². The number of likely N-dealkylation sites (tertiary alicyclic amines) is 1. The summed E-state index contributed by atoms with van der Waals surface area (Å²) in [6.45, 7) is 7.09. The SMILES string of the molecule is CC(C)Oc1ccc(-c2nc(-c3cccc4c3CCC4)no2)cc1C#N.CC(OCCNS(=O)(=O)c1ccccc1)Oc1ccc(-c2nc(-c3cccc4c3CCC4NC(=O)N3CC[C@@H](N(C)C)C3)no2)cc1C#N. The fourth-order valence-corrected chi connectivity index (χ4v) is 10.6. The lowest BCUT2D eigenvalue weighted by atomic mass is 10.0. The molecule has 10 rings (SSSR count). The van der Waals surface area contributed by atoms with Gasteiger partial charge in [-0.15, -0.1) is 0 Å². The van der Waals surface area contributed by atoms with Crippen molar-refractivity contribution >= 4 is 16.1 Å². The Balaban J connectivity index is 0.000000222. The zero-order chi connectivity index (χ0) is 52.6. The van der Waals surface area contributed by atoms with E-state index in [1.165, 1.54) is 29.7 Å². The normalized spacial score (nSPS) is 16.1. The van der Waals surface area contributed by atoms with Crippen molar-refractivity contribution in [1.29, 1.82) is 10.5 Å². The van der Waals surface area contributed by atoms with Crippen molar-refractivity contribution in [3.63, 3.8) is 0 Å². The fourth-order valence-electron chi connectivity index (χ4n) is 9.59. The topological polar surface area (TPSA) is 235 Å². The van der Waals surface area contributed by atoms with Crippen LogP contribution in [0.5, 0.6) is 11.5 Å². The van der Waals surface area contributed by atoms with E-state index >= 15 is 0 Å². The fraction of sp³-hybridized carbons (Fsp3) is 0.339. The number of likely N-dealkylation sites (N-methyl/N-ethyl adjacent to an activating group) is 1. The molecule has 2 unspecified atom stereocenters. The number of carbonyl (C=O) groups excluding carboxylic acids is 1. The molecule has 2 aliphatic carbocycles. The molecule has 2 amide bonds. The third-order valence-electron chi connectivity index (χ3n) is 13.4. The second-order valence-electron chi connectivity index (χ2n) is 19.0. The maximum absolute atomic E-state index is 13.1. The first kappa shape index (κ1) is 51.9. The third-order valence-corrected chi connectivity index (χ3v) is 14.9. The van der Waals surface area contributed by atoms with Crippen LogP contribution in [0.3, 0.4) is 0 Å². The van der Waals surface area contributed by atoms with E-state index in [4.69, 9.17) is 23.3 Å². The number of aromatic nitrogens is 4. The van der Waals surface area contributed by atoms with Crippen LogP contribution in [0.15, 0.2) is 117 Å². The largest absolute Gasteiger partial charge is 0.490 e. The van der Waals surface area contributed by atoms with Crippen molar-refractivity contribution in [1.82, 2.24) is 40.1 Å². The number of hydrogen-bond donors (Lipinski definition) is 2. The molecule has 2 N–H and O–H groups in total. The van der Waals surface area contributed by atoms with Gasteiger partial charge in [0, 0.05) is 47.9 Å². The predicted octanol–water partition coefficient (Wildman–Crippen LogP) is 8.88. The summed E-state index contributed by atoms with van der Waals surface area (Å²) in [6, 6.07) is 35.1. The molecule has 0 radical (unpaired) electrons. The van der Waals surface area contributed by atoms with E-state index in [1.807, 2.05) is 69.2 Å². The number of urea groups is 1. The molecule has 1 fully saturated rings. The summed E-state index contributed by atoms with van der Waals surface area (Å²) in [5.41, 5.74) is 8.66. The molecule has 1 saturated heterocycles. The van der Waals surface area contributed by atoms with Gasteiger partial charge in [0.05, 0.1) is 34.8 Å². The molecule has 7 aromatic rings.